The number of rotatable bonds is 17. The first-order valence-electron chi connectivity index (χ1n) is 18.1. The molecule has 2 atom stereocenters. The fourth-order valence-electron chi connectivity index (χ4n) is 7.27. The van der Waals surface area contributed by atoms with Crippen LogP contribution in [0.15, 0.2) is 36.4 Å². The third-order valence-corrected chi connectivity index (χ3v) is 9.94. The number of pyridine rings is 1. The summed E-state index contributed by atoms with van der Waals surface area (Å²) in [6, 6.07) is 13.6. The molecule has 0 spiro atoms. The molecule has 6 heteroatoms. The average Bonchev–Trinajstić information content (AvgIpc) is 3.64. The topological polar surface area (TPSA) is 55.2 Å². The van der Waals surface area contributed by atoms with E-state index in [0.717, 1.165) is 85.9 Å². The number of benzene rings is 1. The highest BCUT2D eigenvalue weighted by Gasteiger charge is 2.26. The Morgan fingerprint density at radius 1 is 1.02 bits per heavy atom. The van der Waals surface area contributed by atoms with E-state index in [4.69, 9.17) is 14.8 Å². The van der Waals surface area contributed by atoms with Gasteiger partial charge in [0, 0.05) is 37.1 Å². The van der Waals surface area contributed by atoms with Gasteiger partial charge in [-0.2, -0.15) is 5.10 Å². The first-order valence-corrected chi connectivity index (χ1v) is 18.1. The van der Waals surface area contributed by atoms with Gasteiger partial charge in [-0.3, -0.25) is 0 Å². The van der Waals surface area contributed by atoms with Crippen LogP contribution in [-0.2, 0) is 12.8 Å². The molecule has 1 N–H and O–H groups in total. The van der Waals surface area contributed by atoms with E-state index in [1.807, 2.05) is 0 Å². The zero-order chi connectivity index (χ0) is 31.6. The molecule has 6 nitrogen and oxygen atoms in total. The maximum absolute atomic E-state index is 6.43. The molecule has 45 heavy (non-hydrogen) atoms. The minimum absolute atomic E-state index is 0.470. The van der Waals surface area contributed by atoms with Crippen LogP contribution in [-0.4, -0.2) is 52.5 Å². The third kappa shape index (κ3) is 9.81. The predicted molar refractivity (Wildman–Crippen MR) is 188 cm³/mol. The summed E-state index contributed by atoms with van der Waals surface area (Å²) in [4.78, 5) is 7.65. The molecule has 4 heterocycles. The quantitative estimate of drug-likeness (QED) is 0.154. The highest BCUT2D eigenvalue weighted by Crippen LogP contribution is 2.31. The first-order chi connectivity index (χ1) is 21.9. The van der Waals surface area contributed by atoms with E-state index in [9.17, 15) is 0 Å². The number of anilines is 1. The van der Waals surface area contributed by atoms with E-state index in [0.29, 0.717) is 5.92 Å². The van der Waals surface area contributed by atoms with E-state index in [2.05, 4.69) is 85.9 Å². The van der Waals surface area contributed by atoms with Crippen molar-refractivity contribution in [1.29, 1.82) is 0 Å². The molecule has 1 saturated heterocycles. The lowest BCUT2D eigenvalue weighted by Crippen LogP contribution is -2.26. The first kappa shape index (κ1) is 33.5. The number of ether oxygens (including phenoxy) is 1. The van der Waals surface area contributed by atoms with Crippen molar-refractivity contribution < 1.29 is 4.74 Å². The molecule has 246 valence electrons. The largest absolute Gasteiger partial charge is 0.494 e. The van der Waals surface area contributed by atoms with Crippen LogP contribution in [0.4, 0.5) is 5.82 Å². The van der Waals surface area contributed by atoms with Gasteiger partial charge in [-0.15, -0.1) is 0 Å². The number of hydrogen-bond donors (Lipinski definition) is 1. The Balaban J connectivity index is 1.18. The second-order valence-corrected chi connectivity index (χ2v) is 14.3. The van der Waals surface area contributed by atoms with Gasteiger partial charge >= 0.3 is 0 Å². The Morgan fingerprint density at radius 2 is 1.87 bits per heavy atom. The maximum Gasteiger partial charge on any atom is 0.129 e. The van der Waals surface area contributed by atoms with E-state index >= 15 is 0 Å². The molecule has 5 rings (SSSR count). The second kappa shape index (κ2) is 16.6. The van der Waals surface area contributed by atoms with E-state index in [1.54, 1.807) is 0 Å². The summed E-state index contributed by atoms with van der Waals surface area (Å²) in [7, 11) is 0. The Morgan fingerprint density at radius 3 is 2.67 bits per heavy atom. The molecule has 2 aliphatic heterocycles. The predicted octanol–water partition coefficient (Wildman–Crippen LogP) is 9.07. The number of likely N-dealkylation sites (tertiary alicyclic amines) is 1. The highest BCUT2D eigenvalue weighted by molar-refractivity contribution is 5.47. The fraction of sp³-hybridized carbons (Fsp3) is 0.641. The van der Waals surface area contributed by atoms with Gasteiger partial charge in [0.2, 0.25) is 0 Å². The van der Waals surface area contributed by atoms with Crippen molar-refractivity contribution in [3.8, 4) is 11.4 Å². The van der Waals surface area contributed by atoms with Crippen molar-refractivity contribution in [2.45, 2.75) is 118 Å². The summed E-state index contributed by atoms with van der Waals surface area (Å²) in [5.41, 5.74) is 7.33. The molecular formula is C39H59N5O. The van der Waals surface area contributed by atoms with Gasteiger partial charge in [0.15, 0.2) is 0 Å². The van der Waals surface area contributed by atoms with Crippen molar-refractivity contribution in [1.82, 2.24) is 19.7 Å². The molecular weight excluding hydrogens is 554 g/mol. The lowest BCUT2D eigenvalue weighted by atomic mass is 9.95. The summed E-state index contributed by atoms with van der Waals surface area (Å²) < 4.78 is 8.51. The molecule has 0 aliphatic carbocycles. The summed E-state index contributed by atoms with van der Waals surface area (Å²) in [5, 5.41) is 8.32. The Hall–Kier alpha value is -2.86. The molecule has 0 bridgehead atoms. The Bertz CT molecular complexity index is 1350. The molecule has 2 aliphatic rings. The lowest BCUT2D eigenvalue weighted by molar-refractivity contribution is 0.292. The van der Waals surface area contributed by atoms with Crippen molar-refractivity contribution in [2.24, 2.45) is 11.8 Å². The number of nitrogens with zero attached hydrogens (tertiary/aromatic N) is 4. The minimum atomic E-state index is 0.470. The van der Waals surface area contributed by atoms with Crippen LogP contribution in [0.25, 0.3) is 5.69 Å². The van der Waals surface area contributed by atoms with Gasteiger partial charge in [-0.05, 0) is 118 Å². The number of hydrogen-bond acceptors (Lipinski definition) is 5. The van der Waals surface area contributed by atoms with Gasteiger partial charge in [0.25, 0.3) is 0 Å². The van der Waals surface area contributed by atoms with Crippen LogP contribution in [0.3, 0.4) is 0 Å². The third-order valence-electron chi connectivity index (χ3n) is 9.94. The monoisotopic (exact) mass is 613 g/mol. The standard InChI is InChI=1S/C39H59N5O/c1-6-33(28-43-21-19-32(27-43)15-17-36-18-16-34-14-12-20-40-39(34)41-36)35-24-37(44-31(5)23-30(4)42-44)26-38(25-35)45-22-11-9-7-8-10-13-29(2)3/h16,18,23-26,29,32-33H,6-15,17,19-22,27-28H2,1-5H3,(H,40,41). The van der Waals surface area contributed by atoms with Crippen molar-refractivity contribution in [3.05, 3.63) is 64.6 Å². The fourth-order valence-corrected chi connectivity index (χ4v) is 7.27. The van der Waals surface area contributed by atoms with Gasteiger partial charge in [-0.1, -0.05) is 58.9 Å². The molecule has 0 radical (unpaired) electrons. The van der Waals surface area contributed by atoms with Crippen LogP contribution in [0.2, 0.25) is 0 Å². The van der Waals surface area contributed by atoms with Crippen LogP contribution >= 0.6 is 0 Å². The molecule has 2 aromatic heterocycles. The SMILES string of the molecule is CCC(CN1CCC(CCc2ccc3c(n2)NCCC3)C1)c1cc(OCCCCCCCC(C)C)cc(-n2nc(C)cc2C)c1. The molecule has 1 aromatic carbocycles. The normalized spacial score (nSPS) is 17.4. The van der Waals surface area contributed by atoms with Gasteiger partial charge in [-0.25, -0.2) is 9.67 Å². The van der Waals surface area contributed by atoms with Crippen LogP contribution < -0.4 is 10.1 Å². The zero-order valence-electron chi connectivity index (χ0n) is 28.9. The Labute approximate surface area is 273 Å². The maximum atomic E-state index is 6.43. The van der Waals surface area contributed by atoms with E-state index in [1.165, 1.54) is 81.3 Å². The van der Waals surface area contributed by atoms with E-state index in [-0.39, 0.29) is 0 Å². The van der Waals surface area contributed by atoms with E-state index < -0.39 is 0 Å². The highest BCUT2D eigenvalue weighted by atomic mass is 16.5. The Kier molecular flexibility index (Phi) is 12.4. The summed E-state index contributed by atoms with van der Waals surface area (Å²) >= 11 is 0. The van der Waals surface area contributed by atoms with Gasteiger partial charge in [0.05, 0.1) is 18.0 Å². The van der Waals surface area contributed by atoms with Crippen molar-refractivity contribution in [2.75, 3.05) is 38.1 Å². The van der Waals surface area contributed by atoms with Gasteiger partial charge < -0.3 is 15.0 Å². The summed E-state index contributed by atoms with van der Waals surface area (Å²) in [5.74, 6) is 4.15. The zero-order valence-corrected chi connectivity index (χ0v) is 28.9. The number of unbranched alkanes of at least 4 members (excludes halogenated alkanes) is 4. The second-order valence-electron chi connectivity index (χ2n) is 14.3. The molecule has 0 amide bonds. The smallest absolute Gasteiger partial charge is 0.129 e. The average molecular weight is 614 g/mol. The van der Waals surface area contributed by atoms with Crippen molar-refractivity contribution >= 4 is 5.82 Å². The van der Waals surface area contributed by atoms with Crippen LogP contribution in [0, 0.1) is 25.7 Å². The summed E-state index contributed by atoms with van der Waals surface area (Å²) in [6.07, 6.45) is 14.8. The number of nitrogens with one attached hydrogen (secondary N) is 1. The lowest BCUT2D eigenvalue weighted by Gasteiger charge is -2.24. The molecule has 2 unspecified atom stereocenters. The van der Waals surface area contributed by atoms with Crippen molar-refractivity contribution in [3.63, 3.8) is 0 Å². The molecule has 0 saturated carbocycles. The number of aromatic nitrogens is 3. The summed E-state index contributed by atoms with van der Waals surface area (Å²) in [6.45, 7) is 16.5. The van der Waals surface area contributed by atoms with Crippen LogP contribution in [0.1, 0.15) is 119 Å². The van der Waals surface area contributed by atoms with Gasteiger partial charge in [0.1, 0.15) is 11.6 Å². The molecule has 3 aromatic rings. The minimum Gasteiger partial charge on any atom is -0.494 e. The number of aryl methyl sites for hydroxylation is 4. The van der Waals surface area contributed by atoms with Crippen LogP contribution in [0.5, 0.6) is 5.75 Å². The number of fused-ring (bicyclic) bond motifs is 1. The molecule has 1 fully saturated rings.